The summed E-state index contributed by atoms with van der Waals surface area (Å²) in [5.41, 5.74) is 2.23. The van der Waals surface area contributed by atoms with E-state index < -0.39 is 46.6 Å². The van der Waals surface area contributed by atoms with Crippen LogP contribution in [0, 0.1) is 4.91 Å². The van der Waals surface area contributed by atoms with Crippen molar-refractivity contribution >= 4 is 22.3 Å². The van der Waals surface area contributed by atoms with E-state index in [-0.39, 0.29) is 13.0 Å². The Morgan fingerprint density at radius 2 is 2.12 bits per heavy atom. The molecule has 3 rings (SSSR count). The van der Waals surface area contributed by atoms with E-state index in [1.807, 2.05) is 0 Å². The molecule has 3 amide bonds. The van der Waals surface area contributed by atoms with Crippen LogP contribution in [0.25, 0.3) is 0 Å². The van der Waals surface area contributed by atoms with Gasteiger partial charge in [-0.25, -0.2) is 10.3 Å². The minimum atomic E-state index is -4.84. The van der Waals surface area contributed by atoms with Crippen LogP contribution >= 0.6 is 0 Å². The second-order valence-corrected chi connectivity index (χ2v) is 6.97. The molecule has 0 saturated carbocycles. The number of carbonyl (C=O) groups is 2. The normalized spacial score (nSPS) is 32.1. The maximum atomic E-state index is 12.3. The molecule has 2 unspecified atom stereocenters. The van der Waals surface area contributed by atoms with Gasteiger partial charge in [0.05, 0.1) is 6.04 Å². The largest absolute Gasteiger partial charge is 0.418 e. The quantitative estimate of drug-likeness (QED) is 0.272. The molecule has 0 aromatic rings. The minimum absolute atomic E-state index is 0.0793. The molecule has 14 heteroatoms. The highest BCUT2D eigenvalue weighted by Crippen LogP contribution is 2.30. The average Bonchev–Trinajstić information content (AvgIpc) is 3.10. The number of hydroxylamine groups is 3. The smallest absolute Gasteiger partial charge is 0.312 e. The molecule has 25 heavy (non-hydrogen) atoms. The highest BCUT2D eigenvalue weighted by atomic mass is 32.3. The summed E-state index contributed by atoms with van der Waals surface area (Å²) in [6, 6.07) is -2.92. The van der Waals surface area contributed by atoms with Gasteiger partial charge in [0.15, 0.2) is 0 Å². The molecule has 3 N–H and O–H groups in total. The lowest BCUT2D eigenvalue weighted by atomic mass is 10.0. The highest BCUT2D eigenvalue weighted by molar-refractivity contribution is 7.80. The fraction of sp³-hybridized carbons (Fsp3) is 0.818. The van der Waals surface area contributed by atoms with Gasteiger partial charge in [-0.05, 0) is 12.8 Å². The van der Waals surface area contributed by atoms with Crippen LogP contribution in [0.1, 0.15) is 12.8 Å². The first-order chi connectivity index (χ1) is 11.8. The van der Waals surface area contributed by atoms with Crippen LogP contribution in [0.15, 0.2) is 5.18 Å². The number of rotatable bonds is 6. The van der Waals surface area contributed by atoms with Crippen molar-refractivity contribution in [1.82, 2.24) is 20.8 Å². The predicted octanol–water partition coefficient (Wildman–Crippen LogP) is -1.86. The first-order valence-corrected chi connectivity index (χ1v) is 8.92. The van der Waals surface area contributed by atoms with Crippen LogP contribution in [0.4, 0.5) is 4.79 Å². The van der Waals surface area contributed by atoms with Crippen molar-refractivity contribution in [2.75, 3.05) is 19.6 Å². The van der Waals surface area contributed by atoms with E-state index in [1.54, 1.807) is 0 Å². The Balaban J connectivity index is 1.59. The summed E-state index contributed by atoms with van der Waals surface area (Å²) in [7, 11) is -4.84. The molecule has 0 aromatic carbocycles. The van der Waals surface area contributed by atoms with Crippen LogP contribution in [-0.4, -0.2) is 78.7 Å². The second kappa shape index (κ2) is 6.80. The molecule has 0 spiro atoms. The van der Waals surface area contributed by atoms with Gasteiger partial charge in [-0.15, -0.1) is 4.28 Å². The second-order valence-electron chi connectivity index (χ2n) is 5.96. The van der Waals surface area contributed by atoms with E-state index in [4.69, 9.17) is 9.39 Å². The third-order valence-corrected chi connectivity index (χ3v) is 4.72. The number of piperidine rings is 1. The molecule has 0 radical (unpaired) electrons. The molecule has 2 bridgehead atoms. The van der Waals surface area contributed by atoms with Gasteiger partial charge in [0.1, 0.15) is 18.2 Å². The Labute approximate surface area is 142 Å². The number of nitroso groups, excluding NO2 is 1. The van der Waals surface area contributed by atoms with Crippen LogP contribution in [0.3, 0.4) is 0 Å². The van der Waals surface area contributed by atoms with Gasteiger partial charge in [0.25, 0.3) is 5.91 Å². The molecule has 3 heterocycles. The van der Waals surface area contributed by atoms with E-state index in [2.05, 4.69) is 20.3 Å². The van der Waals surface area contributed by atoms with Crippen molar-refractivity contribution in [1.29, 1.82) is 0 Å². The van der Waals surface area contributed by atoms with Crippen LogP contribution in [0.2, 0.25) is 0 Å². The van der Waals surface area contributed by atoms with Crippen molar-refractivity contribution in [2.24, 2.45) is 5.18 Å². The molecular weight excluding hydrogens is 362 g/mol. The average molecular weight is 379 g/mol. The van der Waals surface area contributed by atoms with Crippen LogP contribution in [-0.2, 0) is 24.3 Å². The fourth-order valence-electron chi connectivity index (χ4n) is 3.17. The fourth-order valence-corrected chi connectivity index (χ4v) is 3.56. The first kappa shape index (κ1) is 17.9. The van der Waals surface area contributed by atoms with E-state index in [0.29, 0.717) is 24.6 Å². The van der Waals surface area contributed by atoms with Gasteiger partial charge in [-0.3, -0.25) is 14.2 Å². The molecule has 13 nitrogen and oxygen atoms in total. The summed E-state index contributed by atoms with van der Waals surface area (Å²) in [5, 5.41) is 6.35. The zero-order valence-electron chi connectivity index (χ0n) is 12.9. The SMILES string of the molecule is O=NC1CNCC1ONC(=O)[C@@H]1CC[C@@H]2CN1C(=O)N2OS(=O)(=O)O. The van der Waals surface area contributed by atoms with Crippen molar-refractivity contribution in [2.45, 2.75) is 37.1 Å². The summed E-state index contributed by atoms with van der Waals surface area (Å²) in [4.78, 5) is 41.5. The number of amides is 3. The van der Waals surface area contributed by atoms with Gasteiger partial charge in [0.2, 0.25) is 0 Å². The van der Waals surface area contributed by atoms with E-state index in [0.717, 1.165) is 4.90 Å². The van der Waals surface area contributed by atoms with Gasteiger partial charge in [0, 0.05) is 19.6 Å². The molecule has 0 aromatic heterocycles. The Morgan fingerprint density at radius 1 is 1.36 bits per heavy atom. The number of fused-ring (bicyclic) bond motifs is 2. The molecule has 3 aliphatic rings. The monoisotopic (exact) mass is 379 g/mol. The molecule has 3 aliphatic heterocycles. The number of urea groups is 1. The van der Waals surface area contributed by atoms with Gasteiger partial charge < -0.3 is 10.2 Å². The van der Waals surface area contributed by atoms with Crippen LogP contribution in [0.5, 0.6) is 0 Å². The lowest BCUT2D eigenvalue weighted by Crippen LogP contribution is -2.51. The lowest BCUT2D eigenvalue weighted by molar-refractivity contribution is -0.143. The molecule has 3 saturated heterocycles. The Bertz CT molecular complexity index is 671. The molecule has 0 aliphatic carbocycles. The maximum Gasteiger partial charge on any atom is 0.418 e. The lowest BCUT2D eigenvalue weighted by Gasteiger charge is -2.29. The highest BCUT2D eigenvalue weighted by Gasteiger charge is 2.49. The predicted molar refractivity (Wildman–Crippen MR) is 78.9 cm³/mol. The summed E-state index contributed by atoms with van der Waals surface area (Å²) >= 11 is 0. The zero-order chi connectivity index (χ0) is 18.2. The molecule has 3 fully saturated rings. The number of hydrogen-bond acceptors (Lipinski definition) is 9. The zero-order valence-corrected chi connectivity index (χ0v) is 13.7. The van der Waals surface area contributed by atoms with E-state index in [9.17, 15) is 22.9 Å². The molecule has 4 atom stereocenters. The van der Waals surface area contributed by atoms with Crippen molar-refractivity contribution < 1.29 is 31.7 Å². The third-order valence-electron chi connectivity index (χ3n) is 4.37. The topological polar surface area (TPSA) is 167 Å². The van der Waals surface area contributed by atoms with Gasteiger partial charge >= 0.3 is 16.4 Å². The number of carbonyl (C=O) groups excluding carboxylic acids is 2. The number of hydrogen-bond donors (Lipinski definition) is 3. The van der Waals surface area contributed by atoms with Gasteiger partial charge in [-0.2, -0.15) is 18.4 Å². The Hall–Kier alpha value is -1.87. The number of nitrogens with one attached hydrogen (secondary N) is 2. The standard InChI is InChI=1S/C11H17N5O8S/c17-10(14-23-9-4-12-3-7(9)13-19)8-2-1-6-5-15(8)11(18)16(6)24-25(20,21)22/h6-9,12H,1-5H2,(H,14,17)(H,20,21,22)/t6-,7?,8+,9?/m1/s1. The Morgan fingerprint density at radius 3 is 2.80 bits per heavy atom. The summed E-state index contributed by atoms with van der Waals surface area (Å²) in [6.07, 6.45) is -0.0411. The van der Waals surface area contributed by atoms with E-state index >= 15 is 0 Å². The first-order valence-electron chi connectivity index (χ1n) is 7.55. The van der Waals surface area contributed by atoms with Crippen molar-refractivity contribution in [3.63, 3.8) is 0 Å². The van der Waals surface area contributed by atoms with Crippen molar-refractivity contribution in [3.05, 3.63) is 4.91 Å². The summed E-state index contributed by atoms with van der Waals surface area (Å²) in [5.74, 6) is -0.600. The van der Waals surface area contributed by atoms with E-state index in [1.165, 1.54) is 0 Å². The van der Waals surface area contributed by atoms with Crippen molar-refractivity contribution in [3.8, 4) is 0 Å². The Kier molecular flexibility index (Phi) is 4.88. The molecular formula is C11H17N5O8S. The summed E-state index contributed by atoms with van der Waals surface area (Å²) < 4.78 is 34.7. The third kappa shape index (κ3) is 3.72. The summed E-state index contributed by atoms with van der Waals surface area (Å²) in [6.45, 7) is 0.777. The van der Waals surface area contributed by atoms with Gasteiger partial charge in [-0.1, -0.05) is 5.18 Å². The number of nitrogens with zero attached hydrogens (tertiary/aromatic N) is 3. The maximum absolute atomic E-state index is 12.3. The molecule has 140 valence electrons. The minimum Gasteiger partial charge on any atom is -0.312 e. The van der Waals surface area contributed by atoms with Crippen LogP contribution < -0.4 is 10.8 Å².